The van der Waals surface area contributed by atoms with Crippen LogP contribution < -0.4 is 0 Å². The highest BCUT2D eigenvalue weighted by molar-refractivity contribution is 7.52. The zero-order valence-electron chi connectivity index (χ0n) is 26.6. The fourth-order valence-corrected chi connectivity index (χ4v) is 5.65. The molecule has 2 heterocycles. The Morgan fingerprint density at radius 2 is 1.07 bits per heavy atom. The maximum atomic E-state index is 11.4. The smallest absolute Gasteiger partial charge is 0.325 e. The second kappa shape index (κ2) is 20.5. The Morgan fingerprint density at radius 1 is 0.689 bits per heavy atom. The highest BCUT2D eigenvalue weighted by Gasteiger charge is 2.46. The Balaban J connectivity index is 0.000000779. The van der Waals surface area contributed by atoms with Crippen LogP contribution >= 0.6 is 22.8 Å². The summed E-state index contributed by atoms with van der Waals surface area (Å²) in [5, 5.41) is 47.4. The second-order valence-electron chi connectivity index (χ2n) is 10.6. The molecule has 272 valence electrons. The molecular formula is C23H51O19P3. The Kier molecular flexibility index (Phi) is 20.6. The zero-order valence-corrected chi connectivity index (χ0v) is 29.3. The lowest BCUT2D eigenvalue weighted by Gasteiger charge is -2.25. The summed E-state index contributed by atoms with van der Waals surface area (Å²) >= 11 is 0. The van der Waals surface area contributed by atoms with Gasteiger partial charge in [0.25, 0.3) is 0 Å². The molecule has 0 aromatic heterocycles. The molecule has 2 aliphatic rings. The first-order valence-electron chi connectivity index (χ1n) is 13.6. The van der Waals surface area contributed by atoms with Crippen LogP contribution in [0, 0.1) is 11.8 Å². The van der Waals surface area contributed by atoms with E-state index in [0.717, 1.165) is 20.0 Å². The van der Waals surface area contributed by atoms with Crippen molar-refractivity contribution in [1.82, 2.24) is 0 Å². The molecule has 0 saturated carbocycles. The fourth-order valence-electron chi connectivity index (χ4n) is 4.09. The molecule has 0 amide bonds. The van der Waals surface area contributed by atoms with E-state index in [2.05, 4.69) is 9.26 Å². The van der Waals surface area contributed by atoms with E-state index in [1.165, 1.54) is 21.3 Å². The molecule has 8 N–H and O–H groups in total. The van der Waals surface area contributed by atoms with Gasteiger partial charge in [-0.05, 0) is 0 Å². The summed E-state index contributed by atoms with van der Waals surface area (Å²) in [7, 11) is -6.51. The average Bonchev–Trinajstić information content (AvgIpc) is 3.39. The largest absolute Gasteiger partial charge is 0.394 e. The predicted molar refractivity (Wildman–Crippen MR) is 157 cm³/mol. The number of aliphatic hydroxyl groups excluding tert-OH is 5. The molecular weight excluding hydrogens is 673 g/mol. The van der Waals surface area contributed by atoms with Gasteiger partial charge in [0.2, 0.25) is 0 Å². The number of aliphatic hydroxyl groups is 5. The first-order chi connectivity index (χ1) is 20.5. The first kappa shape index (κ1) is 45.0. The van der Waals surface area contributed by atoms with Gasteiger partial charge in [0.15, 0.2) is 12.6 Å². The lowest BCUT2D eigenvalue weighted by atomic mass is 10.0. The van der Waals surface area contributed by atoms with Gasteiger partial charge in [0.05, 0.1) is 26.4 Å². The Labute approximate surface area is 262 Å². The summed E-state index contributed by atoms with van der Waals surface area (Å²) in [6.07, 6.45) is -8.54. The summed E-state index contributed by atoms with van der Waals surface area (Å²) < 4.78 is 72.3. The Hall–Kier alpha value is 0.0500. The highest BCUT2D eigenvalue weighted by atomic mass is 31.2. The van der Waals surface area contributed by atoms with Crippen LogP contribution in [0.2, 0.25) is 0 Å². The van der Waals surface area contributed by atoms with E-state index in [0.29, 0.717) is 0 Å². The molecule has 2 fully saturated rings. The van der Waals surface area contributed by atoms with Crippen molar-refractivity contribution < 1.29 is 91.2 Å². The normalized spacial score (nSPS) is 34.1. The predicted octanol–water partition coefficient (Wildman–Crippen LogP) is -1.08. The van der Waals surface area contributed by atoms with Crippen LogP contribution in [0.25, 0.3) is 0 Å². The number of ether oxygens (including phenoxy) is 5. The third kappa shape index (κ3) is 17.3. The van der Waals surface area contributed by atoms with Gasteiger partial charge in [-0.15, -0.1) is 0 Å². The van der Waals surface area contributed by atoms with Crippen molar-refractivity contribution in [3.63, 3.8) is 0 Å². The highest BCUT2D eigenvalue weighted by Crippen LogP contribution is 2.45. The van der Waals surface area contributed by atoms with E-state index in [9.17, 15) is 39.0 Å². The van der Waals surface area contributed by atoms with Crippen molar-refractivity contribution in [1.29, 1.82) is 0 Å². The van der Waals surface area contributed by atoms with Gasteiger partial charge in [-0.3, -0.25) is 13.7 Å². The summed E-state index contributed by atoms with van der Waals surface area (Å²) in [6, 6.07) is 0. The molecule has 0 aromatic carbocycles. The SMILES string of the molecule is COCC(O)C(O)C(O)CO[C@@H]1O[C@H](CO)[C@H](OP(C)(=O)O)C1C.COP(C)(=O)O.CO[C@@H]1O[C@H](CO)[C@H](OP(C)(=O)O)C1C. The minimum absolute atomic E-state index is 0.153. The van der Waals surface area contributed by atoms with Gasteiger partial charge in [-0.1, -0.05) is 13.8 Å². The minimum atomic E-state index is -3.79. The van der Waals surface area contributed by atoms with E-state index >= 15 is 0 Å². The van der Waals surface area contributed by atoms with E-state index in [4.69, 9.17) is 42.9 Å². The third-order valence-corrected chi connectivity index (χ3v) is 8.32. The van der Waals surface area contributed by atoms with Crippen LogP contribution in [0.15, 0.2) is 0 Å². The molecule has 0 bridgehead atoms. The number of rotatable bonds is 15. The molecule has 2 rings (SSSR count). The topological polar surface area (TPSA) is 287 Å². The molecule has 0 spiro atoms. The zero-order chi connectivity index (χ0) is 35.3. The molecule has 19 nitrogen and oxygen atoms in total. The summed E-state index contributed by atoms with van der Waals surface area (Å²) in [5.41, 5.74) is 0. The molecule has 45 heavy (non-hydrogen) atoms. The van der Waals surface area contributed by atoms with Crippen molar-refractivity contribution in [2.45, 2.75) is 69.2 Å². The molecule has 8 unspecified atom stereocenters. The summed E-state index contributed by atoms with van der Waals surface area (Å²) in [6.45, 7) is 5.47. The van der Waals surface area contributed by atoms with Crippen molar-refractivity contribution in [2.75, 3.05) is 67.8 Å². The number of hydrogen-bond acceptors (Lipinski definition) is 16. The second-order valence-corrected chi connectivity index (χ2v) is 16.2. The number of hydrogen-bond donors (Lipinski definition) is 8. The van der Waals surface area contributed by atoms with Crippen LogP contribution in [0.4, 0.5) is 0 Å². The molecule has 0 aromatic rings. The number of methoxy groups -OCH3 is 2. The molecule has 0 radical (unpaired) electrons. The van der Waals surface area contributed by atoms with Crippen LogP contribution in [-0.2, 0) is 51.0 Å². The fraction of sp³-hybridized carbons (Fsp3) is 1.00. The van der Waals surface area contributed by atoms with Gasteiger partial charge in [-0.2, -0.15) is 0 Å². The maximum Gasteiger partial charge on any atom is 0.325 e. The maximum absolute atomic E-state index is 11.4. The van der Waals surface area contributed by atoms with Crippen LogP contribution in [0.5, 0.6) is 0 Å². The monoisotopic (exact) mass is 724 g/mol. The van der Waals surface area contributed by atoms with Gasteiger partial charge in [0, 0.05) is 53.2 Å². The van der Waals surface area contributed by atoms with Crippen molar-refractivity contribution in [3.05, 3.63) is 0 Å². The standard InChI is InChI=1S/C13H27O10P.C8H17O6P.C2H7O3P/c1-7-12(23-24(3,18)19)10(4-14)22-13(7)21-6-9(16)11(17)8(15)5-20-2;1-5-7(14-15(3,10)11)6(4-9)13-8(5)12-2;1-5-6(2,3)4/h7-17H,4-6H2,1-3H3,(H,18,19);5-9H,4H2,1-3H3,(H,10,11);1-2H3,(H,3,4)/t7?,8?,9?,10-,11?,12-,13-;5?,6-,7-,8-;/m11./s1. The van der Waals surface area contributed by atoms with E-state index < -0.39 is 90.6 Å². The van der Waals surface area contributed by atoms with E-state index in [1.54, 1.807) is 13.8 Å². The Bertz CT molecular complexity index is 954. The Morgan fingerprint density at radius 3 is 1.40 bits per heavy atom. The molecule has 0 aliphatic carbocycles. The molecule has 14 atom stereocenters. The lowest BCUT2D eigenvalue weighted by Crippen LogP contribution is -2.43. The summed E-state index contributed by atoms with van der Waals surface area (Å²) in [4.78, 5) is 26.6. The first-order valence-corrected chi connectivity index (χ1v) is 19.7. The van der Waals surface area contributed by atoms with Gasteiger partial charge >= 0.3 is 22.8 Å². The van der Waals surface area contributed by atoms with Gasteiger partial charge < -0.3 is 77.5 Å². The lowest BCUT2D eigenvalue weighted by molar-refractivity contribution is -0.183. The van der Waals surface area contributed by atoms with E-state index in [-0.39, 0.29) is 25.7 Å². The van der Waals surface area contributed by atoms with Crippen LogP contribution in [0.1, 0.15) is 13.8 Å². The third-order valence-electron chi connectivity index (χ3n) is 6.37. The van der Waals surface area contributed by atoms with Crippen molar-refractivity contribution in [2.24, 2.45) is 11.8 Å². The van der Waals surface area contributed by atoms with Gasteiger partial charge in [0.1, 0.15) is 42.7 Å². The quantitative estimate of drug-likeness (QED) is 0.0932. The molecule has 2 saturated heterocycles. The average molecular weight is 725 g/mol. The van der Waals surface area contributed by atoms with Crippen molar-refractivity contribution in [3.8, 4) is 0 Å². The summed E-state index contributed by atoms with van der Waals surface area (Å²) in [5.74, 6) is -0.705. The van der Waals surface area contributed by atoms with E-state index in [1.807, 2.05) is 0 Å². The molecule has 22 heteroatoms. The van der Waals surface area contributed by atoms with Crippen LogP contribution in [0.3, 0.4) is 0 Å². The minimum Gasteiger partial charge on any atom is -0.394 e. The van der Waals surface area contributed by atoms with Crippen molar-refractivity contribution >= 4 is 22.8 Å². The molecule has 2 aliphatic heterocycles. The van der Waals surface area contributed by atoms with Gasteiger partial charge in [-0.25, -0.2) is 0 Å². The van der Waals surface area contributed by atoms with Crippen LogP contribution in [-0.4, -0.2) is 163 Å².